The van der Waals surface area contributed by atoms with Crippen molar-refractivity contribution in [3.8, 4) is 0 Å². The minimum atomic E-state index is -3.37. The van der Waals surface area contributed by atoms with E-state index in [1.165, 1.54) is 18.2 Å². The Kier molecular flexibility index (Phi) is 5.82. The van der Waals surface area contributed by atoms with Crippen molar-refractivity contribution in [2.45, 2.75) is 24.2 Å². The number of carbonyl (C=O) groups excluding carboxylic acids is 2. The number of carbonyl (C=O) groups is 2. The SMILES string of the molecule is CC(C)(C(=O)OCC(=O)Nc1cccc(S(C)(=O)=O)c1)c1ccccc1. The van der Waals surface area contributed by atoms with Gasteiger partial charge < -0.3 is 10.1 Å². The van der Waals surface area contributed by atoms with Crippen LogP contribution >= 0.6 is 0 Å². The summed E-state index contributed by atoms with van der Waals surface area (Å²) in [6.07, 6.45) is 1.08. The zero-order valence-electron chi connectivity index (χ0n) is 14.9. The molecule has 0 aliphatic heterocycles. The van der Waals surface area contributed by atoms with Crippen LogP contribution in [0.2, 0.25) is 0 Å². The van der Waals surface area contributed by atoms with E-state index in [9.17, 15) is 18.0 Å². The molecule has 2 aromatic carbocycles. The van der Waals surface area contributed by atoms with Gasteiger partial charge in [0.05, 0.1) is 10.3 Å². The van der Waals surface area contributed by atoms with Crippen molar-refractivity contribution in [2.75, 3.05) is 18.2 Å². The Morgan fingerprint density at radius 3 is 2.31 bits per heavy atom. The number of benzene rings is 2. The minimum absolute atomic E-state index is 0.0949. The average Bonchev–Trinajstić information content (AvgIpc) is 2.60. The monoisotopic (exact) mass is 375 g/mol. The quantitative estimate of drug-likeness (QED) is 0.784. The molecular formula is C19H21NO5S. The van der Waals surface area contributed by atoms with Gasteiger partial charge in [-0.05, 0) is 37.6 Å². The maximum Gasteiger partial charge on any atom is 0.316 e. The first kappa shape index (κ1) is 19.7. The molecule has 2 rings (SSSR count). The van der Waals surface area contributed by atoms with Crippen molar-refractivity contribution in [3.05, 3.63) is 60.2 Å². The van der Waals surface area contributed by atoms with Crippen LogP contribution in [-0.2, 0) is 29.6 Å². The maximum absolute atomic E-state index is 12.3. The normalized spacial score (nSPS) is 11.7. The molecule has 0 atom stereocenters. The summed E-state index contributed by atoms with van der Waals surface area (Å²) in [6.45, 7) is 2.98. The minimum Gasteiger partial charge on any atom is -0.455 e. The first-order chi connectivity index (χ1) is 12.1. The zero-order valence-corrected chi connectivity index (χ0v) is 15.7. The van der Waals surface area contributed by atoms with Crippen LogP contribution < -0.4 is 5.32 Å². The summed E-state index contributed by atoms with van der Waals surface area (Å²) < 4.78 is 28.2. The van der Waals surface area contributed by atoms with Crippen molar-refractivity contribution in [1.29, 1.82) is 0 Å². The van der Waals surface area contributed by atoms with Gasteiger partial charge >= 0.3 is 5.97 Å². The molecule has 0 unspecified atom stereocenters. The van der Waals surface area contributed by atoms with Gasteiger partial charge in [0, 0.05) is 11.9 Å². The van der Waals surface area contributed by atoms with E-state index in [1.54, 1.807) is 19.9 Å². The van der Waals surface area contributed by atoms with Gasteiger partial charge in [-0.15, -0.1) is 0 Å². The number of anilines is 1. The first-order valence-electron chi connectivity index (χ1n) is 7.93. The molecule has 0 spiro atoms. The molecule has 2 aromatic rings. The molecule has 0 aliphatic carbocycles. The standard InChI is InChI=1S/C19H21NO5S/c1-19(2,14-8-5-4-6-9-14)18(22)25-13-17(21)20-15-10-7-11-16(12-15)26(3,23)24/h4-12H,13H2,1-3H3,(H,20,21). The molecular weight excluding hydrogens is 354 g/mol. The van der Waals surface area contributed by atoms with Crippen LogP contribution in [0.15, 0.2) is 59.5 Å². The molecule has 0 aliphatic rings. The molecule has 1 N–H and O–H groups in total. The molecule has 138 valence electrons. The van der Waals surface area contributed by atoms with E-state index >= 15 is 0 Å². The molecule has 0 bridgehead atoms. The van der Waals surface area contributed by atoms with Crippen molar-refractivity contribution in [3.63, 3.8) is 0 Å². The molecule has 7 heteroatoms. The van der Waals surface area contributed by atoms with E-state index in [0.717, 1.165) is 11.8 Å². The molecule has 0 aromatic heterocycles. The second-order valence-electron chi connectivity index (χ2n) is 6.42. The average molecular weight is 375 g/mol. The maximum atomic E-state index is 12.3. The van der Waals surface area contributed by atoms with E-state index in [4.69, 9.17) is 4.74 Å². The van der Waals surface area contributed by atoms with E-state index in [1.807, 2.05) is 30.3 Å². The van der Waals surface area contributed by atoms with E-state index in [0.29, 0.717) is 5.69 Å². The van der Waals surface area contributed by atoms with Crippen molar-refractivity contribution in [2.24, 2.45) is 0 Å². The highest BCUT2D eigenvalue weighted by molar-refractivity contribution is 7.90. The van der Waals surface area contributed by atoms with Crippen molar-refractivity contribution >= 4 is 27.4 Å². The fourth-order valence-corrected chi connectivity index (χ4v) is 2.95. The van der Waals surface area contributed by atoms with Crippen LogP contribution in [0, 0.1) is 0 Å². The lowest BCUT2D eigenvalue weighted by atomic mass is 9.85. The Hall–Kier alpha value is -2.67. The lowest BCUT2D eigenvalue weighted by molar-refractivity contribution is -0.152. The number of esters is 1. The summed E-state index contributed by atoms with van der Waals surface area (Å²) in [5, 5.41) is 2.52. The number of sulfone groups is 1. The van der Waals surface area contributed by atoms with Crippen LogP contribution in [0.4, 0.5) is 5.69 Å². The summed E-state index contributed by atoms with van der Waals surface area (Å²) in [5.74, 6) is -1.07. The van der Waals surface area contributed by atoms with Crippen molar-refractivity contribution in [1.82, 2.24) is 0 Å². The molecule has 26 heavy (non-hydrogen) atoms. The topological polar surface area (TPSA) is 89.5 Å². The summed E-state index contributed by atoms with van der Waals surface area (Å²) in [7, 11) is -3.37. The first-order valence-corrected chi connectivity index (χ1v) is 9.82. The third kappa shape index (κ3) is 4.92. The van der Waals surface area contributed by atoms with Gasteiger partial charge in [0.15, 0.2) is 16.4 Å². The van der Waals surface area contributed by atoms with E-state index < -0.39 is 33.7 Å². The molecule has 0 saturated carbocycles. The Morgan fingerprint density at radius 1 is 1.04 bits per heavy atom. The Bertz CT molecular complexity index is 905. The van der Waals surface area contributed by atoms with Gasteiger partial charge in [-0.3, -0.25) is 9.59 Å². The number of amides is 1. The van der Waals surface area contributed by atoms with Crippen LogP contribution in [0.25, 0.3) is 0 Å². The van der Waals surface area contributed by atoms with Crippen LogP contribution in [0.5, 0.6) is 0 Å². The Labute approximate surface area is 153 Å². The Balaban J connectivity index is 1.98. The van der Waals surface area contributed by atoms with Gasteiger partial charge in [-0.25, -0.2) is 8.42 Å². The van der Waals surface area contributed by atoms with Crippen LogP contribution in [-0.4, -0.2) is 33.2 Å². The second-order valence-corrected chi connectivity index (χ2v) is 8.43. The highest BCUT2D eigenvalue weighted by Crippen LogP contribution is 2.24. The van der Waals surface area contributed by atoms with E-state index in [2.05, 4.69) is 5.32 Å². The predicted molar refractivity (Wildman–Crippen MR) is 98.6 cm³/mol. The van der Waals surface area contributed by atoms with Gasteiger partial charge in [-0.2, -0.15) is 0 Å². The number of ether oxygens (including phenoxy) is 1. The molecule has 0 saturated heterocycles. The fraction of sp³-hybridized carbons (Fsp3) is 0.263. The molecule has 0 radical (unpaired) electrons. The lowest BCUT2D eigenvalue weighted by Crippen LogP contribution is -2.33. The van der Waals surface area contributed by atoms with E-state index in [-0.39, 0.29) is 4.90 Å². The highest BCUT2D eigenvalue weighted by atomic mass is 32.2. The largest absolute Gasteiger partial charge is 0.455 e. The molecule has 0 heterocycles. The Morgan fingerprint density at radius 2 is 1.69 bits per heavy atom. The fourth-order valence-electron chi connectivity index (χ4n) is 2.29. The molecule has 6 nitrogen and oxygen atoms in total. The van der Waals surface area contributed by atoms with Crippen molar-refractivity contribution < 1.29 is 22.7 Å². The lowest BCUT2D eigenvalue weighted by Gasteiger charge is -2.22. The summed E-state index contributed by atoms with van der Waals surface area (Å²) in [5.41, 5.74) is 0.208. The van der Waals surface area contributed by atoms with Gasteiger partial charge in [0.25, 0.3) is 5.91 Å². The number of hydrogen-bond donors (Lipinski definition) is 1. The second kappa shape index (κ2) is 7.70. The summed E-state index contributed by atoms with van der Waals surface area (Å²) in [4.78, 5) is 24.4. The number of hydrogen-bond acceptors (Lipinski definition) is 5. The predicted octanol–water partition coefficient (Wildman–Crippen LogP) is 2.55. The summed E-state index contributed by atoms with van der Waals surface area (Å²) in [6, 6.07) is 15.0. The van der Waals surface area contributed by atoms with Crippen LogP contribution in [0.1, 0.15) is 19.4 Å². The highest BCUT2D eigenvalue weighted by Gasteiger charge is 2.31. The zero-order chi connectivity index (χ0) is 19.4. The summed E-state index contributed by atoms with van der Waals surface area (Å²) >= 11 is 0. The van der Waals surface area contributed by atoms with Crippen LogP contribution in [0.3, 0.4) is 0 Å². The van der Waals surface area contributed by atoms with Gasteiger partial charge in [-0.1, -0.05) is 36.4 Å². The smallest absolute Gasteiger partial charge is 0.316 e. The number of nitrogens with one attached hydrogen (secondary N) is 1. The number of rotatable bonds is 6. The molecule has 1 amide bonds. The third-order valence-electron chi connectivity index (χ3n) is 3.89. The van der Waals surface area contributed by atoms with Gasteiger partial charge in [0.2, 0.25) is 0 Å². The van der Waals surface area contributed by atoms with Gasteiger partial charge in [0.1, 0.15) is 0 Å². The third-order valence-corrected chi connectivity index (χ3v) is 5.00. The molecule has 0 fully saturated rings.